The van der Waals surface area contributed by atoms with E-state index in [4.69, 9.17) is 80.6 Å². The van der Waals surface area contributed by atoms with Gasteiger partial charge in [0.25, 0.3) is 17.7 Å². The summed E-state index contributed by atoms with van der Waals surface area (Å²) in [5, 5.41) is 26.9. The van der Waals surface area contributed by atoms with Gasteiger partial charge in [0.2, 0.25) is 11.6 Å². The van der Waals surface area contributed by atoms with Gasteiger partial charge < -0.3 is 54.4 Å². The average Bonchev–Trinajstić information content (AvgIpc) is 0.790. The number of amides is 7. The molecule has 2 fully saturated rings. The number of imide groups is 2. The van der Waals surface area contributed by atoms with Crippen LogP contribution in [0.2, 0.25) is 20.1 Å². The van der Waals surface area contributed by atoms with Crippen LogP contribution < -0.4 is 30.3 Å². The van der Waals surface area contributed by atoms with Crippen molar-refractivity contribution in [3.63, 3.8) is 0 Å². The molecule has 0 spiro atoms. The number of hydrogen-bond acceptors (Lipinski definition) is 21. The second kappa shape index (κ2) is 35.6. The van der Waals surface area contributed by atoms with Gasteiger partial charge in [-0.25, -0.2) is 32.8 Å². The number of benzene rings is 4. The first-order valence-electron chi connectivity index (χ1n) is 33.9. The summed E-state index contributed by atoms with van der Waals surface area (Å²) in [4.78, 5) is 113. The minimum absolute atomic E-state index is 0.0408. The monoisotopic (exact) mass is 1570 g/mol. The van der Waals surface area contributed by atoms with Crippen LogP contribution in [0.4, 0.5) is 51.0 Å². The molecule has 2 aromatic heterocycles. The maximum absolute atomic E-state index is 14.5. The Morgan fingerprint density at radius 1 is 0.505 bits per heavy atom. The third-order valence-corrected chi connectivity index (χ3v) is 17.5. The Balaban J connectivity index is 0.000000283. The van der Waals surface area contributed by atoms with Crippen molar-refractivity contribution in [1.82, 2.24) is 40.0 Å². The van der Waals surface area contributed by atoms with E-state index in [9.17, 15) is 52.2 Å². The van der Waals surface area contributed by atoms with Gasteiger partial charge in [-0.15, -0.1) is 20.4 Å². The Kier molecular flexibility index (Phi) is 28.9. The summed E-state index contributed by atoms with van der Waals surface area (Å²) < 4.78 is 62.2. The molecule has 2 aliphatic heterocycles. The van der Waals surface area contributed by atoms with E-state index in [2.05, 4.69) is 70.3 Å². The van der Waals surface area contributed by atoms with Crippen molar-refractivity contribution in [1.29, 1.82) is 0 Å². The number of likely N-dealkylation sites (N-methyl/N-ethyl adjacent to an activating group) is 2. The highest BCUT2D eigenvalue weighted by Gasteiger charge is 2.40. The van der Waals surface area contributed by atoms with Crippen LogP contribution in [0.5, 0.6) is 11.5 Å². The quantitative estimate of drug-likeness (QED) is 0.0549. The molecule has 4 heterocycles. The van der Waals surface area contributed by atoms with Crippen LogP contribution in [-0.4, -0.2) is 180 Å². The minimum Gasteiger partial charge on any atom is -0.482 e. The van der Waals surface area contributed by atoms with E-state index in [-0.39, 0.29) is 72.3 Å². The maximum Gasteiger partial charge on any atom is 0.425 e. The molecular formula is C74H92Cl4F2N12O15. The van der Waals surface area contributed by atoms with Crippen LogP contribution in [0.15, 0.2) is 84.9 Å². The molecule has 4 aromatic carbocycles. The van der Waals surface area contributed by atoms with Gasteiger partial charge in [-0.2, -0.15) is 9.80 Å². The number of halogens is 6. The number of aromatic nitrogens is 4. The van der Waals surface area contributed by atoms with Crippen molar-refractivity contribution < 1.29 is 80.7 Å². The molecule has 6 aromatic rings. The van der Waals surface area contributed by atoms with Crippen LogP contribution >= 0.6 is 46.4 Å². The predicted molar refractivity (Wildman–Crippen MR) is 402 cm³/mol. The lowest BCUT2D eigenvalue weighted by molar-refractivity contribution is 0.0404. The molecule has 0 saturated carbocycles. The highest BCUT2D eigenvalue weighted by atomic mass is 35.5. The molecule has 0 unspecified atom stereocenters. The number of carbonyl (C=O) groups excluding carboxylic acids is 7. The SMILES string of the molecule is C[C@@H](Oc1cc(C(=O)O)nnc1N(C(=O)OC(C)(C)C)C(=O)OC(C)(C)C)c1c(Cl)ccc(F)c1Cl.C[C@@H]1CN(C(=O)c2ccc(N)cc2)C[C@H](C)N1C.C[C@@H]1CN(C(=O)c2ccc(NC(=O)c3cc(O[C@H](C)c4c(Cl)ccc(F)c4Cl)c(N(C(=O)OC(C)(C)C)C(=O)OC(C)(C)C)nn3)cc2)C[C@H](C)N1C. The third-order valence-electron chi connectivity index (χ3n) is 16.1. The summed E-state index contributed by atoms with van der Waals surface area (Å²) in [5.74, 6) is -5.49. The zero-order valence-corrected chi connectivity index (χ0v) is 66.4. The van der Waals surface area contributed by atoms with Gasteiger partial charge in [0.15, 0.2) is 22.9 Å². The second-order valence-corrected chi connectivity index (χ2v) is 31.1. The number of nitrogens with zero attached hydrogens (tertiary/aromatic N) is 10. The lowest BCUT2D eigenvalue weighted by Gasteiger charge is -2.42. The number of nitrogen functional groups attached to an aromatic ring is 1. The maximum atomic E-state index is 14.5. The fourth-order valence-electron chi connectivity index (χ4n) is 10.5. The van der Waals surface area contributed by atoms with Crippen molar-refractivity contribution in [2.24, 2.45) is 0 Å². The predicted octanol–water partition coefficient (Wildman–Crippen LogP) is 16.0. The van der Waals surface area contributed by atoms with E-state index in [1.54, 1.807) is 132 Å². The molecule has 0 radical (unpaired) electrons. The van der Waals surface area contributed by atoms with E-state index < -0.39 is 99.8 Å². The number of hydrogen-bond donors (Lipinski definition) is 3. The molecular weight excluding hydrogens is 1480 g/mol. The van der Waals surface area contributed by atoms with E-state index in [0.717, 1.165) is 37.4 Å². The molecule has 6 atom stereocenters. The zero-order chi connectivity index (χ0) is 80.4. The molecule has 0 bridgehead atoms. The molecule has 33 heteroatoms. The van der Waals surface area contributed by atoms with E-state index in [0.29, 0.717) is 57.5 Å². The average molecular weight is 1570 g/mol. The van der Waals surface area contributed by atoms with Gasteiger partial charge in [-0.3, -0.25) is 24.2 Å². The van der Waals surface area contributed by atoms with Gasteiger partial charge in [0.05, 0.1) is 10.0 Å². The Hall–Kier alpha value is -9.26. The summed E-state index contributed by atoms with van der Waals surface area (Å²) in [5.41, 5.74) is 2.93. The topological polar surface area (TPSA) is 321 Å². The number of piperazine rings is 2. The number of carboxylic acid groups (broad SMARTS) is 1. The Labute approximate surface area is 641 Å². The lowest BCUT2D eigenvalue weighted by atomic mass is 10.1. The largest absolute Gasteiger partial charge is 0.482 e. The first-order chi connectivity index (χ1) is 49.5. The first-order valence-corrected chi connectivity index (χ1v) is 35.4. The summed E-state index contributed by atoms with van der Waals surface area (Å²) in [6.07, 6.45) is -6.92. The van der Waals surface area contributed by atoms with E-state index in [1.807, 2.05) is 16.8 Å². The van der Waals surface area contributed by atoms with Crippen molar-refractivity contribution in [3.05, 3.63) is 150 Å². The standard InChI is InChI=1S/C37H45Cl2FN6O7.C23H26Cl2FN3O7.C14H21N3O/c1-20-18-45(19-21(2)44(20)10)33(48)23-11-13-24(14-12-23)41-32(47)27-17-28(51-22(3)29-25(38)15-16-26(40)30(29)39)31(43-42-27)46(34(49)52-36(4,5)6)35(50)53-37(7,8)9;1-11(16-12(24)8-9-13(26)17(16)25)34-15-10-14(19(30)31)27-28-18(15)29(20(32)35-22(2,3)4)21(33)36-23(5,6)7;1-10-8-17(9-11(2)16(10)3)14(18)12-4-6-13(15)7-5-12/h11-17,20-22H,18-19H2,1-10H3,(H,41,47);8-11H,1-7H3,(H,30,31);4-7,10-11H,8-9,15H2,1-3H3/t20-,21+,22-;11-;10-,11+/m11./s1. The van der Waals surface area contributed by atoms with Crippen LogP contribution in [0.25, 0.3) is 0 Å². The summed E-state index contributed by atoms with van der Waals surface area (Å²) >= 11 is 24.9. The molecule has 8 rings (SSSR count). The van der Waals surface area contributed by atoms with Crippen LogP contribution in [-0.2, 0) is 18.9 Å². The van der Waals surface area contributed by atoms with Gasteiger partial charge in [0.1, 0.15) is 46.2 Å². The number of ether oxygens (including phenoxy) is 6. The number of carbonyl (C=O) groups is 8. The lowest BCUT2D eigenvalue weighted by Crippen LogP contribution is -2.56. The summed E-state index contributed by atoms with van der Waals surface area (Å²) in [7, 11) is 4.15. The number of carboxylic acids is 1. The number of anilines is 4. The van der Waals surface area contributed by atoms with Crippen molar-refractivity contribution in [2.45, 2.75) is 183 Å². The van der Waals surface area contributed by atoms with E-state index in [1.165, 1.54) is 26.0 Å². The number of rotatable bonds is 13. The van der Waals surface area contributed by atoms with Gasteiger partial charge in [0, 0.05) is 106 Å². The fourth-order valence-corrected chi connectivity index (χ4v) is 11.9. The number of aromatic carboxylic acids is 1. The smallest absolute Gasteiger partial charge is 0.425 e. The summed E-state index contributed by atoms with van der Waals surface area (Å²) in [6, 6.07) is 21.5. The van der Waals surface area contributed by atoms with Gasteiger partial charge >= 0.3 is 30.3 Å². The molecule has 0 aliphatic carbocycles. The first kappa shape index (κ1) is 86.7. The Morgan fingerprint density at radius 3 is 1.13 bits per heavy atom. The van der Waals surface area contributed by atoms with Crippen LogP contribution in [0, 0.1) is 11.6 Å². The Morgan fingerprint density at radius 2 is 0.813 bits per heavy atom. The highest BCUT2D eigenvalue weighted by molar-refractivity contribution is 6.36. The molecule has 2 aliphatic rings. The van der Waals surface area contributed by atoms with Crippen molar-refractivity contribution in [3.8, 4) is 11.5 Å². The van der Waals surface area contributed by atoms with Crippen LogP contribution in [0.3, 0.4) is 0 Å². The third kappa shape index (κ3) is 23.9. The molecule has 7 amide bonds. The molecule has 2 saturated heterocycles. The van der Waals surface area contributed by atoms with Gasteiger partial charge in [-0.05, 0) is 212 Å². The zero-order valence-electron chi connectivity index (χ0n) is 63.4. The fraction of sp³-hybridized carbons (Fsp3) is 0.459. The highest BCUT2D eigenvalue weighted by Crippen LogP contribution is 2.41. The molecule has 4 N–H and O–H groups in total. The number of nitrogens with two attached hydrogens (primary N) is 1. The molecule has 27 nitrogen and oxygen atoms in total. The Bertz CT molecular complexity index is 4170. The minimum atomic E-state index is -1.46. The molecule has 580 valence electrons. The molecule has 107 heavy (non-hydrogen) atoms. The number of nitrogens with one attached hydrogen (secondary N) is 1. The normalized spacial score (nSPS) is 16.9. The van der Waals surface area contributed by atoms with Crippen LogP contribution in [0.1, 0.15) is 190 Å². The van der Waals surface area contributed by atoms with Crippen molar-refractivity contribution >= 4 is 117 Å². The van der Waals surface area contributed by atoms with E-state index >= 15 is 0 Å². The summed E-state index contributed by atoms with van der Waals surface area (Å²) in [6.45, 7) is 33.2. The second-order valence-electron chi connectivity index (χ2n) is 29.6. The van der Waals surface area contributed by atoms with Gasteiger partial charge in [-0.1, -0.05) is 46.4 Å². The van der Waals surface area contributed by atoms with Crippen molar-refractivity contribution in [2.75, 3.05) is 61.1 Å².